The fraction of sp³-hybridized carbons (Fsp3) is 0.435. The minimum atomic E-state index is -0.408. The normalized spacial score (nSPS) is 18.2. The smallest absolute Gasteiger partial charge is 0.297 e. The highest BCUT2D eigenvalue weighted by Crippen LogP contribution is 2.32. The average molecular weight is 466 g/mol. The minimum absolute atomic E-state index is 0.0477. The van der Waals surface area contributed by atoms with Crippen LogP contribution >= 0.6 is 0 Å². The van der Waals surface area contributed by atoms with Crippen LogP contribution in [0.25, 0.3) is 16.8 Å². The van der Waals surface area contributed by atoms with Crippen molar-refractivity contribution < 1.29 is 18.7 Å². The van der Waals surface area contributed by atoms with Crippen molar-refractivity contribution in [1.29, 1.82) is 0 Å². The molecule has 11 heteroatoms. The third-order valence-corrected chi connectivity index (χ3v) is 5.79. The molecule has 5 rings (SSSR count). The number of carbonyl (C=O) groups excluding carboxylic acids is 1. The molecular weight excluding hydrogens is 438 g/mol. The Labute approximate surface area is 196 Å². The van der Waals surface area contributed by atoms with Crippen molar-refractivity contribution in [2.24, 2.45) is 4.99 Å². The van der Waals surface area contributed by atoms with Crippen molar-refractivity contribution in [2.75, 3.05) is 41.8 Å². The van der Waals surface area contributed by atoms with Gasteiger partial charge in [-0.3, -0.25) is 9.79 Å². The van der Waals surface area contributed by atoms with Crippen LogP contribution in [-0.2, 0) is 0 Å². The second-order valence-electron chi connectivity index (χ2n) is 8.41. The van der Waals surface area contributed by atoms with Crippen LogP contribution in [0, 0.1) is 0 Å². The molecule has 1 saturated heterocycles. The molecule has 0 saturated carbocycles. The van der Waals surface area contributed by atoms with E-state index in [2.05, 4.69) is 30.5 Å². The zero-order chi connectivity index (χ0) is 23.5. The predicted octanol–water partition coefficient (Wildman–Crippen LogP) is 3.10. The Balaban J connectivity index is 1.42. The molecule has 3 aromatic heterocycles. The second-order valence-corrected chi connectivity index (χ2v) is 8.41. The zero-order valence-electron chi connectivity index (χ0n) is 19.0. The maximum atomic E-state index is 13.1. The lowest BCUT2D eigenvalue weighted by molar-refractivity contribution is 0.102. The van der Waals surface area contributed by atoms with Crippen molar-refractivity contribution in [3.05, 3.63) is 30.0 Å². The number of aliphatic imine (C=N–C) groups is 1. The Hall–Kier alpha value is -3.73. The molecule has 0 spiro atoms. The topological polar surface area (TPSA) is 142 Å². The number of aromatic nitrogens is 3. The van der Waals surface area contributed by atoms with Gasteiger partial charge in [-0.25, -0.2) is 9.97 Å². The van der Waals surface area contributed by atoms with E-state index < -0.39 is 5.91 Å². The summed E-state index contributed by atoms with van der Waals surface area (Å²) in [5.74, 6) is 0.595. The van der Waals surface area contributed by atoms with Crippen LogP contribution in [0.2, 0.25) is 0 Å². The summed E-state index contributed by atoms with van der Waals surface area (Å²) in [6, 6.07) is 2.22. The molecule has 3 N–H and O–H groups in total. The van der Waals surface area contributed by atoms with Crippen LogP contribution < -0.4 is 15.5 Å². The van der Waals surface area contributed by atoms with Gasteiger partial charge in [0.25, 0.3) is 11.9 Å². The molecular formula is C23H27N7O4. The first-order valence-corrected chi connectivity index (χ1v) is 11.5. The van der Waals surface area contributed by atoms with Crippen molar-refractivity contribution in [1.82, 2.24) is 15.0 Å². The lowest BCUT2D eigenvalue weighted by atomic mass is 10.1. The standard InChI is InChI=1S/C23H27N7O4/c1-14-5-6-15(12-25-14)22-27-17(13-33-22)21(32)26-16-11-18-19(29-23(34-18)24-7-10-31)28-20(16)30-8-3-2-4-9-30/h6,11-14,31H,2-5,7-10H2,1H3,(H,26,32)(H,24,28,29). The fourth-order valence-electron chi connectivity index (χ4n) is 3.99. The number of carbonyl (C=O) groups is 1. The molecule has 0 bridgehead atoms. The molecule has 1 fully saturated rings. The zero-order valence-corrected chi connectivity index (χ0v) is 19.0. The summed E-state index contributed by atoms with van der Waals surface area (Å²) in [5.41, 5.74) is 2.30. The van der Waals surface area contributed by atoms with E-state index in [1.54, 1.807) is 12.3 Å². The summed E-state index contributed by atoms with van der Waals surface area (Å²) in [7, 11) is 0. The molecule has 5 heterocycles. The quantitative estimate of drug-likeness (QED) is 0.480. The maximum Gasteiger partial charge on any atom is 0.297 e. The molecule has 11 nitrogen and oxygen atoms in total. The van der Waals surface area contributed by atoms with E-state index >= 15 is 0 Å². The van der Waals surface area contributed by atoms with E-state index in [9.17, 15) is 4.79 Å². The van der Waals surface area contributed by atoms with Gasteiger partial charge < -0.3 is 29.5 Å². The number of piperidine rings is 1. The van der Waals surface area contributed by atoms with E-state index in [0.29, 0.717) is 35.2 Å². The van der Waals surface area contributed by atoms with Crippen LogP contribution in [-0.4, -0.2) is 64.5 Å². The van der Waals surface area contributed by atoms with Crippen LogP contribution in [0.4, 0.5) is 17.5 Å². The first kappa shape index (κ1) is 22.1. The minimum Gasteiger partial charge on any atom is -0.444 e. The van der Waals surface area contributed by atoms with Gasteiger partial charge in [-0.15, -0.1) is 0 Å². The number of dihydropyridines is 1. The van der Waals surface area contributed by atoms with Gasteiger partial charge in [-0.1, -0.05) is 6.08 Å². The molecule has 3 aromatic rings. The van der Waals surface area contributed by atoms with Gasteiger partial charge in [-0.05, 0) is 32.6 Å². The van der Waals surface area contributed by atoms with Crippen LogP contribution in [0.15, 0.2) is 32.2 Å². The molecule has 1 amide bonds. The molecule has 2 aliphatic heterocycles. The molecule has 1 unspecified atom stereocenters. The van der Waals surface area contributed by atoms with E-state index in [1.165, 1.54) is 12.7 Å². The Bertz CT molecular complexity index is 1240. The van der Waals surface area contributed by atoms with Gasteiger partial charge >= 0.3 is 0 Å². The SMILES string of the molecule is CC1CC=C(c2nc(C(=O)Nc3cc4oc(NCCO)nc4nc3N3CCCCC3)co2)C=N1. The highest BCUT2D eigenvalue weighted by Gasteiger charge is 2.23. The Morgan fingerprint density at radius 1 is 1.24 bits per heavy atom. The van der Waals surface area contributed by atoms with Crippen molar-refractivity contribution in [3.8, 4) is 0 Å². The fourth-order valence-corrected chi connectivity index (χ4v) is 3.99. The van der Waals surface area contributed by atoms with Gasteiger partial charge in [0.15, 0.2) is 17.1 Å². The summed E-state index contributed by atoms with van der Waals surface area (Å²) >= 11 is 0. The lowest BCUT2D eigenvalue weighted by Gasteiger charge is -2.29. The third kappa shape index (κ3) is 4.65. The Morgan fingerprint density at radius 3 is 2.85 bits per heavy atom. The van der Waals surface area contributed by atoms with E-state index in [1.807, 2.05) is 13.0 Å². The average Bonchev–Trinajstić information content (AvgIpc) is 3.50. The first-order chi connectivity index (χ1) is 16.6. The van der Waals surface area contributed by atoms with Gasteiger partial charge in [0.2, 0.25) is 11.5 Å². The van der Waals surface area contributed by atoms with E-state index in [0.717, 1.165) is 37.9 Å². The predicted molar refractivity (Wildman–Crippen MR) is 128 cm³/mol. The molecule has 0 aliphatic carbocycles. The number of oxazole rings is 2. The number of nitrogens with one attached hydrogen (secondary N) is 2. The highest BCUT2D eigenvalue weighted by molar-refractivity contribution is 6.09. The number of pyridine rings is 1. The maximum absolute atomic E-state index is 13.1. The summed E-state index contributed by atoms with van der Waals surface area (Å²) in [6.45, 7) is 3.98. The number of nitrogens with zero attached hydrogens (tertiary/aromatic N) is 5. The monoisotopic (exact) mass is 465 g/mol. The van der Waals surface area contributed by atoms with Gasteiger partial charge in [0, 0.05) is 31.9 Å². The number of rotatable bonds is 7. The molecule has 2 aliphatic rings. The largest absolute Gasteiger partial charge is 0.444 e. The van der Waals surface area contributed by atoms with E-state index in [4.69, 9.17) is 18.9 Å². The van der Waals surface area contributed by atoms with Crippen LogP contribution in [0.3, 0.4) is 0 Å². The van der Waals surface area contributed by atoms with Crippen molar-refractivity contribution >= 4 is 46.4 Å². The van der Waals surface area contributed by atoms with Crippen molar-refractivity contribution in [3.63, 3.8) is 0 Å². The first-order valence-electron chi connectivity index (χ1n) is 11.5. The van der Waals surface area contributed by atoms with Crippen LogP contribution in [0.5, 0.6) is 0 Å². The number of anilines is 3. The number of amides is 1. The molecule has 0 aromatic carbocycles. The number of aliphatic hydroxyl groups excluding tert-OH is 1. The molecule has 0 radical (unpaired) electrons. The van der Waals surface area contributed by atoms with Gasteiger partial charge in [-0.2, -0.15) is 4.98 Å². The summed E-state index contributed by atoms with van der Waals surface area (Å²) in [6.07, 6.45) is 9.14. The highest BCUT2D eigenvalue weighted by atomic mass is 16.4. The molecule has 178 valence electrons. The summed E-state index contributed by atoms with van der Waals surface area (Å²) in [4.78, 5) is 33.0. The van der Waals surface area contributed by atoms with Gasteiger partial charge in [0.05, 0.1) is 23.9 Å². The number of hydrogen-bond acceptors (Lipinski definition) is 10. The van der Waals surface area contributed by atoms with Gasteiger partial charge in [0.1, 0.15) is 6.26 Å². The summed E-state index contributed by atoms with van der Waals surface area (Å²) < 4.78 is 11.3. The third-order valence-electron chi connectivity index (χ3n) is 5.79. The van der Waals surface area contributed by atoms with Crippen LogP contribution in [0.1, 0.15) is 49.0 Å². The number of fused-ring (bicyclic) bond motifs is 1. The molecule has 1 atom stereocenters. The Kier molecular flexibility index (Phi) is 6.26. The summed E-state index contributed by atoms with van der Waals surface area (Å²) in [5, 5.41) is 14.9. The second kappa shape index (κ2) is 9.64. The number of aliphatic hydroxyl groups is 1. The number of allylic oxidation sites excluding steroid dienone is 1. The molecule has 34 heavy (non-hydrogen) atoms. The van der Waals surface area contributed by atoms with E-state index in [-0.39, 0.29) is 24.4 Å². The number of hydrogen-bond donors (Lipinski definition) is 3. The lowest BCUT2D eigenvalue weighted by Crippen LogP contribution is -2.31. The Morgan fingerprint density at radius 2 is 2.09 bits per heavy atom. The van der Waals surface area contributed by atoms with Crippen molar-refractivity contribution in [2.45, 2.75) is 38.6 Å².